The first kappa shape index (κ1) is 25.6. The molecule has 0 amide bonds. The van der Waals surface area contributed by atoms with Crippen molar-refractivity contribution in [2.45, 2.75) is 110 Å². The van der Waals surface area contributed by atoms with Crippen molar-refractivity contribution in [3.8, 4) is 0 Å². The van der Waals surface area contributed by atoms with Crippen LogP contribution in [-0.2, 0) is 43.9 Å². The molecule has 0 bridgehead atoms. The van der Waals surface area contributed by atoms with Crippen molar-refractivity contribution in [1.29, 1.82) is 0 Å². The van der Waals surface area contributed by atoms with E-state index in [4.69, 9.17) is 0 Å². The molecule has 3 fully saturated rings. The summed E-state index contributed by atoms with van der Waals surface area (Å²) >= 11 is 0. The molecule has 3 aliphatic rings. The Bertz CT molecular complexity index is 668. The Hall–Kier alpha value is -0.00610. The van der Waals surface area contributed by atoms with E-state index in [1.165, 1.54) is 107 Å². The second-order valence-electron chi connectivity index (χ2n) is 11.2. The van der Waals surface area contributed by atoms with E-state index >= 15 is 0 Å². The third-order valence-corrected chi connectivity index (χ3v) is 8.62. The summed E-state index contributed by atoms with van der Waals surface area (Å²) < 4.78 is 0. The van der Waals surface area contributed by atoms with Gasteiger partial charge in [-0.2, -0.15) is 34.9 Å². The topological polar surface area (TPSA) is 17.1 Å². The van der Waals surface area contributed by atoms with Gasteiger partial charge in [0.1, 0.15) is 5.78 Å². The van der Waals surface area contributed by atoms with Gasteiger partial charge in [0, 0.05) is 45.0 Å². The molecule has 0 aromatic heterocycles. The predicted octanol–water partition coefficient (Wildman–Crippen LogP) is 7.80. The zero-order chi connectivity index (χ0) is 20.9. The molecular weight excluding hydrogens is 453 g/mol. The minimum absolute atomic E-state index is 0. The molecule has 1 radical (unpaired) electrons. The van der Waals surface area contributed by atoms with E-state index in [0.717, 1.165) is 24.2 Å². The summed E-state index contributed by atoms with van der Waals surface area (Å²) in [6.45, 7) is 4.35. The van der Waals surface area contributed by atoms with Gasteiger partial charge in [0.25, 0.3) is 0 Å². The number of carbonyl (C=O) groups is 1. The molecule has 1 aromatic rings. The van der Waals surface area contributed by atoms with Crippen molar-refractivity contribution in [3.05, 3.63) is 34.9 Å². The van der Waals surface area contributed by atoms with Crippen LogP contribution in [0.5, 0.6) is 0 Å². The molecule has 1 aromatic carbocycles. The van der Waals surface area contributed by atoms with E-state index in [2.05, 4.69) is 32.0 Å². The number of rotatable bonds is 7. The van der Waals surface area contributed by atoms with Crippen molar-refractivity contribution in [3.63, 3.8) is 0 Å². The summed E-state index contributed by atoms with van der Waals surface area (Å²) in [5.74, 6) is 4.55. The van der Waals surface area contributed by atoms with Crippen LogP contribution in [0.25, 0.3) is 0 Å². The van der Waals surface area contributed by atoms with Crippen molar-refractivity contribution in [1.82, 2.24) is 0 Å². The second kappa shape index (κ2) is 12.5. The average molecular weight is 497 g/mol. The monoisotopic (exact) mass is 496 g/mol. The molecule has 31 heavy (non-hydrogen) atoms. The number of hydrogen-bond acceptors (Lipinski definition) is 1. The Balaban J connectivity index is 0.00000272. The standard InChI is InChI=1S/C29H43O.Y/c1-21-15-22(2)17-27(16-21)19-25-9-7-23(8-10-25)18-24-11-13-26(14-12-24)20-29(30)28-5-3-4-6-28;/h16-17,23-26,28H,3-14,18-20H2,1-2H3;/q-1;. The van der Waals surface area contributed by atoms with Gasteiger partial charge in [-0.3, -0.25) is 4.79 Å². The maximum atomic E-state index is 12.5. The van der Waals surface area contributed by atoms with Gasteiger partial charge >= 0.3 is 0 Å². The molecule has 0 N–H and O–H groups in total. The normalized spacial score (nSPS) is 29.5. The van der Waals surface area contributed by atoms with Crippen LogP contribution < -0.4 is 0 Å². The van der Waals surface area contributed by atoms with Crippen LogP contribution >= 0.6 is 0 Å². The number of carbonyl (C=O) groups excluding carboxylic acids is 1. The first-order valence-electron chi connectivity index (χ1n) is 13.1. The minimum Gasteiger partial charge on any atom is -0.299 e. The van der Waals surface area contributed by atoms with Gasteiger partial charge in [-0.1, -0.05) is 52.4 Å². The van der Waals surface area contributed by atoms with E-state index in [0.29, 0.717) is 17.6 Å². The predicted molar refractivity (Wildman–Crippen MR) is 126 cm³/mol. The Kier molecular flexibility index (Phi) is 10.3. The van der Waals surface area contributed by atoms with Crippen LogP contribution in [0, 0.1) is 49.5 Å². The van der Waals surface area contributed by atoms with Crippen LogP contribution in [0.2, 0.25) is 0 Å². The minimum atomic E-state index is 0. The largest absolute Gasteiger partial charge is 0.299 e. The quantitative estimate of drug-likeness (QED) is 0.352. The molecule has 0 unspecified atom stereocenters. The molecule has 0 saturated heterocycles. The molecule has 3 saturated carbocycles. The molecule has 4 rings (SSSR count). The zero-order valence-corrected chi connectivity index (χ0v) is 23.0. The number of aryl methyl sites for hydroxylation is 2. The summed E-state index contributed by atoms with van der Waals surface area (Å²) in [5, 5.41) is 0. The maximum Gasteiger partial charge on any atom is 0.136 e. The average Bonchev–Trinajstić information content (AvgIpc) is 3.25. The van der Waals surface area contributed by atoms with Crippen molar-refractivity contribution < 1.29 is 37.5 Å². The third kappa shape index (κ3) is 7.77. The van der Waals surface area contributed by atoms with E-state index in [-0.39, 0.29) is 32.7 Å². The van der Waals surface area contributed by atoms with Crippen LogP contribution in [0.3, 0.4) is 0 Å². The molecule has 0 atom stereocenters. The molecule has 3 aliphatic carbocycles. The van der Waals surface area contributed by atoms with Gasteiger partial charge in [-0.05, 0) is 75.0 Å². The Morgan fingerprint density at radius 2 is 1.26 bits per heavy atom. The number of Topliss-reactive ketones (excluding diaryl/α,β-unsaturated/α-hetero) is 1. The SMILES string of the molecule is Cc1[c-]c(C)cc(CC2CCC(CC3CCC(CC(=O)C4CCCC4)CC3)CC2)c1.[Y]. The van der Waals surface area contributed by atoms with Gasteiger partial charge < -0.3 is 0 Å². The first-order chi connectivity index (χ1) is 14.5. The summed E-state index contributed by atoms with van der Waals surface area (Å²) in [6.07, 6.45) is 19.7. The van der Waals surface area contributed by atoms with Crippen LogP contribution in [0.1, 0.15) is 107 Å². The van der Waals surface area contributed by atoms with Gasteiger partial charge in [0.15, 0.2) is 0 Å². The fraction of sp³-hybridized carbons (Fsp3) is 0.759. The zero-order valence-electron chi connectivity index (χ0n) is 20.1. The van der Waals surface area contributed by atoms with Gasteiger partial charge in [0.2, 0.25) is 0 Å². The molecule has 169 valence electrons. The molecule has 1 nitrogen and oxygen atoms in total. The van der Waals surface area contributed by atoms with E-state index in [1.807, 2.05) is 0 Å². The molecule has 0 heterocycles. The second-order valence-corrected chi connectivity index (χ2v) is 11.2. The molecular formula is C29H43OY-. The van der Waals surface area contributed by atoms with Gasteiger partial charge in [-0.15, -0.1) is 0 Å². The van der Waals surface area contributed by atoms with Crippen molar-refractivity contribution >= 4 is 5.78 Å². The number of hydrogen-bond donors (Lipinski definition) is 0. The van der Waals surface area contributed by atoms with E-state index in [1.54, 1.807) is 0 Å². The van der Waals surface area contributed by atoms with Gasteiger partial charge in [0.05, 0.1) is 0 Å². The Morgan fingerprint density at radius 1 is 0.774 bits per heavy atom. The van der Waals surface area contributed by atoms with Gasteiger partial charge in [-0.25, -0.2) is 0 Å². The fourth-order valence-corrected chi connectivity index (χ4v) is 6.95. The van der Waals surface area contributed by atoms with Crippen LogP contribution in [0.4, 0.5) is 0 Å². The van der Waals surface area contributed by atoms with E-state index < -0.39 is 0 Å². The number of ketones is 1. The van der Waals surface area contributed by atoms with Crippen LogP contribution in [-0.4, -0.2) is 5.78 Å². The molecule has 2 heteroatoms. The van der Waals surface area contributed by atoms with Crippen molar-refractivity contribution in [2.24, 2.45) is 29.6 Å². The summed E-state index contributed by atoms with van der Waals surface area (Å²) in [5.41, 5.74) is 4.11. The molecule has 0 spiro atoms. The number of benzene rings is 1. The Labute approximate surface area is 216 Å². The first-order valence-corrected chi connectivity index (χ1v) is 13.1. The fourth-order valence-electron chi connectivity index (χ4n) is 6.95. The summed E-state index contributed by atoms with van der Waals surface area (Å²) in [6, 6.07) is 8.09. The smallest absolute Gasteiger partial charge is 0.136 e. The summed E-state index contributed by atoms with van der Waals surface area (Å²) in [4.78, 5) is 12.5. The van der Waals surface area contributed by atoms with Crippen LogP contribution in [0.15, 0.2) is 12.1 Å². The molecule has 0 aliphatic heterocycles. The van der Waals surface area contributed by atoms with E-state index in [9.17, 15) is 4.79 Å². The summed E-state index contributed by atoms with van der Waals surface area (Å²) in [7, 11) is 0. The van der Waals surface area contributed by atoms with Crippen molar-refractivity contribution in [2.75, 3.05) is 0 Å². The third-order valence-electron chi connectivity index (χ3n) is 8.62. The Morgan fingerprint density at radius 3 is 1.81 bits per heavy atom. The maximum absolute atomic E-state index is 12.5.